The highest BCUT2D eigenvalue weighted by Gasteiger charge is 2.11. The maximum atomic E-state index is 13.7. The van der Waals surface area contributed by atoms with Gasteiger partial charge >= 0.3 is 5.97 Å². The summed E-state index contributed by atoms with van der Waals surface area (Å²) >= 11 is 0. The predicted octanol–water partition coefficient (Wildman–Crippen LogP) is 3.57. The van der Waals surface area contributed by atoms with Crippen molar-refractivity contribution in [1.82, 2.24) is 4.98 Å². The van der Waals surface area contributed by atoms with Crippen LogP contribution in [-0.2, 0) is 4.74 Å². The third-order valence-electron chi connectivity index (χ3n) is 3.01. The Morgan fingerprint density at radius 1 is 1.33 bits per heavy atom. The molecule has 0 aliphatic rings. The number of carbonyl (C=O) groups excluding carboxylic acids is 1. The van der Waals surface area contributed by atoms with E-state index in [9.17, 15) is 9.18 Å². The first-order chi connectivity index (χ1) is 10.1. The number of nitrogens with one attached hydrogen (secondary N) is 1. The molecule has 0 saturated heterocycles. The van der Waals surface area contributed by atoms with Crippen molar-refractivity contribution in [2.45, 2.75) is 19.9 Å². The Kier molecular flexibility index (Phi) is 4.87. The Labute approximate surface area is 123 Å². The standard InChI is InChI=1S/C16H17FN2O2/c1-3-21-16(20)12-8-9-15(18-10-12)19-11(2)13-6-4-5-7-14(13)17/h4-11H,3H2,1-2H3,(H,18,19). The first-order valence-corrected chi connectivity index (χ1v) is 6.76. The fourth-order valence-corrected chi connectivity index (χ4v) is 1.94. The van der Waals surface area contributed by atoms with Gasteiger partial charge in [0, 0.05) is 11.8 Å². The summed E-state index contributed by atoms with van der Waals surface area (Å²) < 4.78 is 18.6. The summed E-state index contributed by atoms with van der Waals surface area (Å²) in [6, 6.07) is 9.65. The van der Waals surface area contributed by atoms with Gasteiger partial charge in [0.2, 0.25) is 0 Å². The second kappa shape index (κ2) is 6.83. The van der Waals surface area contributed by atoms with E-state index in [2.05, 4.69) is 10.3 Å². The molecule has 0 fully saturated rings. The van der Waals surface area contributed by atoms with Crippen LogP contribution in [0.3, 0.4) is 0 Å². The van der Waals surface area contributed by atoms with Gasteiger partial charge in [-0.15, -0.1) is 0 Å². The molecule has 2 rings (SSSR count). The van der Waals surface area contributed by atoms with Crippen molar-refractivity contribution in [3.8, 4) is 0 Å². The van der Waals surface area contributed by atoms with E-state index in [0.717, 1.165) is 0 Å². The van der Waals surface area contributed by atoms with Crippen LogP contribution in [0.5, 0.6) is 0 Å². The fourth-order valence-electron chi connectivity index (χ4n) is 1.94. The van der Waals surface area contributed by atoms with E-state index in [4.69, 9.17) is 4.74 Å². The van der Waals surface area contributed by atoms with E-state index >= 15 is 0 Å². The molecule has 2 aromatic rings. The second-order valence-corrected chi connectivity index (χ2v) is 4.54. The third kappa shape index (κ3) is 3.78. The first-order valence-electron chi connectivity index (χ1n) is 6.76. The Hall–Kier alpha value is -2.43. The predicted molar refractivity (Wildman–Crippen MR) is 78.6 cm³/mol. The number of nitrogens with zero attached hydrogens (tertiary/aromatic N) is 1. The largest absolute Gasteiger partial charge is 0.462 e. The van der Waals surface area contributed by atoms with Gasteiger partial charge in [-0.2, -0.15) is 0 Å². The average Bonchev–Trinajstić information content (AvgIpc) is 2.48. The third-order valence-corrected chi connectivity index (χ3v) is 3.01. The SMILES string of the molecule is CCOC(=O)c1ccc(NC(C)c2ccccc2F)nc1. The molecule has 1 N–H and O–H groups in total. The molecule has 0 aliphatic carbocycles. The van der Waals surface area contributed by atoms with Crippen molar-refractivity contribution in [2.75, 3.05) is 11.9 Å². The van der Waals surface area contributed by atoms with Crippen LogP contribution in [0.25, 0.3) is 0 Å². The lowest BCUT2D eigenvalue weighted by Crippen LogP contribution is -2.10. The molecule has 1 heterocycles. The molecule has 0 aliphatic heterocycles. The highest BCUT2D eigenvalue weighted by Crippen LogP contribution is 2.20. The molecule has 1 aromatic carbocycles. The van der Waals surface area contributed by atoms with Crippen LogP contribution in [0.1, 0.15) is 35.8 Å². The zero-order valence-corrected chi connectivity index (χ0v) is 12.0. The van der Waals surface area contributed by atoms with Gasteiger partial charge in [-0.3, -0.25) is 0 Å². The number of halogens is 1. The lowest BCUT2D eigenvalue weighted by molar-refractivity contribution is 0.0526. The van der Waals surface area contributed by atoms with E-state index in [1.54, 1.807) is 37.3 Å². The van der Waals surface area contributed by atoms with Gasteiger partial charge < -0.3 is 10.1 Å². The Balaban J connectivity index is 2.07. The van der Waals surface area contributed by atoms with Crippen molar-refractivity contribution in [1.29, 1.82) is 0 Å². The number of anilines is 1. The summed E-state index contributed by atoms with van der Waals surface area (Å²) in [6.07, 6.45) is 1.44. The maximum Gasteiger partial charge on any atom is 0.339 e. The van der Waals surface area contributed by atoms with Crippen molar-refractivity contribution in [3.05, 3.63) is 59.5 Å². The Morgan fingerprint density at radius 2 is 2.10 bits per heavy atom. The van der Waals surface area contributed by atoms with E-state index in [-0.39, 0.29) is 11.9 Å². The van der Waals surface area contributed by atoms with E-state index in [0.29, 0.717) is 23.6 Å². The average molecular weight is 288 g/mol. The topological polar surface area (TPSA) is 51.2 Å². The van der Waals surface area contributed by atoms with Gasteiger partial charge in [-0.1, -0.05) is 18.2 Å². The number of benzene rings is 1. The lowest BCUT2D eigenvalue weighted by atomic mass is 10.1. The smallest absolute Gasteiger partial charge is 0.339 e. The van der Waals surface area contributed by atoms with Crippen molar-refractivity contribution in [3.63, 3.8) is 0 Å². The molecule has 21 heavy (non-hydrogen) atoms. The number of hydrogen-bond donors (Lipinski definition) is 1. The van der Waals surface area contributed by atoms with Crippen LogP contribution in [-0.4, -0.2) is 17.6 Å². The highest BCUT2D eigenvalue weighted by molar-refractivity contribution is 5.89. The van der Waals surface area contributed by atoms with Crippen LogP contribution in [0, 0.1) is 5.82 Å². The van der Waals surface area contributed by atoms with Crippen LogP contribution in [0.15, 0.2) is 42.6 Å². The molecule has 1 atom stereocenters. The summed E-state index contributed by atoms with van der Waals surface area (Å²) in [5.74, 6) is -0.0989. The van der Waals surface area contributed by atoms with Gasteiger partial charge in [0.05, 0.1) is 18.2 Å². The maximum absolute atomic E-state index is 13.7. The number of esters is 1. The molecule has 0 saturated carbocycles. The number of aromatic nitrogens is 1. The van der Waals surface area contributed by atoms with Gasteiger partial charge in [-0.05, 0) is 32.0 Å². The zero-order chi connectivity index (χ0) is 15.2. The molecule has 0 amide bonds. The van der Waals surface area contributed by atoms with Crippen LogP contribution in [0.4, 0.5) is 10.2 Å². The van der Waals surface area contributed by atoms with E-state index in [1.807, 2.05) is 6.92 Å². The lowest BCUT2D eigenvalue weighted by Gasteiger charge is -2.15. The molecule has 1 aromatic heterocycles. The number of hydrogen-bond acceptors (Lipinski definition) is 4. The minimum atomic E-state index is -0.404. The summed E-state index contributed by atoms with van der Waals surface area (Å²) in [6.45, 7) is 3.92. The minimum absolute atomic E-state index is 0.229. The van der Waals surface area contributed by atoms with Crippen LogP contribution in [0.2, 0.25) is 0 Å². The zero-order valence-electron chi connectivity index (χ0n) is 12.0. The molecule has 0 bridgehead atoms. The molecule has 5 heteroatoms. The Morgan fingerprint density at radius 3 is 2.71 bits per heavy atom. The van der Waals surface area contributed by atoms with Crippen LogP contribution >= 0.6 is 0 Å². The monoisotopic (exact) mass is 288 g/mol. The number of pyridine rings is 1. The number of carbonyl (C=O) groups is 1. The van der Waals surface area contributed by atoms with Gasteiger partial charge in [0.25, 0.3) is 0 Å². The molecule has 1 unspecified atom stereocenters. The number of rotatable bonds is 5. The van der Waals surface area contributed by atoms with E-state index < -0.39 is 5.97 Å². The van der Waals surface area contributed by atoms with E-state index in [1.165, 1.54) is 12.3 Å². The van der Waals surface area contributed by atoms with Crippen molar-refractivity contribution < 1.29 is 13.9 Å². The number of ether oxygens (including phenoxy) is 1. The molecule has 4 nitrogen and oxygen atoms in total. The fraction of sp³-hybridized carbons (Fsp3) is 0.250. The summed E-state index contributed by atoms with van der Waals surface area (Å²) in [7, 11) is 0. The molecule has 0 spiro atoms. The second-order valence-electron chi connectivity index (χ2n) is 4.54. The first kappa shape index (κ1) is 15.0. The summed E-state index contributed by atoms with van der Waals surface area (Å²) in [5.41, 5.74) is 0.953. The minimum Gasteiger partial charge on any atom is -0.462 e. The van der Waals surface area contributed by atoms with Crippen molar-refractivity contribution in [2.24, 2.45) is 0 Å². The normalized spacial score (nSPS) is 11.8. The Bertz CT molecular complexity index is 614. The molecule has 110 valence electrons. The molecule has 0 radical (unpaired) electrons. The van der Waals surface area contributed by atoms with Gasteiger partial charge in [0.1, 0.15) is 11.6 Å². The van der Waals surface area contributed by atoms with Crippen LogP contribution < -0.4 is 5.32 Å². The summed E-state index contributed by atoms with van der Waals surface area (Å²) in [5, 5.41) is 3.09. The molecular weight excluding hydrogens is 271 g/mol. The van der Waals surface area contributed by atoms with Gasteiger partial charge in [-0.25, -0.2) is 14.2 Å². The quantitative estimate of drug-likeness (QED) is 0.855. The molecular formula is C16H17FN2O2. The van der Waals surface area contributed by atoms with Gasteiger partial charge in [0.15, 0.2) is 0 Å². The van der Waals surface area contributed by atoms with Crippen molar-refractivity contribution >= 4 is 11.8 Å². The summed E-state index contributed by atoms with van der Waals surface area (Å²) in [4.78, 5) is 15.7. The highest BCUT2D eigenvalue weighted by atomic mass is 19.1.